The molecule has 0 saturated carbocycles. The molecule has 17 nitrogen and oxygen atoms in total. The first-order valence-electron chi connectivity index (χ1n) is 27.6. The van der Waals surface area contributed by atoms with E-state index >= 15 is 0 Å². The number of aryl methyl sites for hydroxylation is 2. The monoisotopic (exact) mass is 1170 g/mol. The van der Waals surface area contributed by atoms with Crippen LogP contribution in [0.4, 0.5) is 10.5 Å². The number of carbonyl (C=O) groups excluding carboxylic acids is 2. The topological polar surface area (TPSA) is 188 Å². The lowest BCUT2D eigenvalue weighted by atomic mass is 9.93. The van der Waals surface area contributed by atoms with Gasteiger partial charge in [0, 0.05) is 18.7 Å². The fourth-order valence-corrected chi connectivity index (χ4v) is 11.4. The van der Waals surface area contributed by atoms with Crippen molar-refractivity contribution in [3.63, 3.8) is 0 Å². The fraction of sp³-hybridized carbons (Fsp3) is 0.299. The van der Waals surface area contributed by atoms with E-state index in [9.17, 15) is 18.0 Å². The lowest BCUT2D eigenvalue weighted by molar-refractivity contribution is 0.0162. The fourth-order valence-electron chi connectivity index (χ4n) is 9.86. The molecule has 0 radical (unpaired) electrons. The van der Waals surface area contributed by atoms with E-state index in [0.717, 1.165) is 75.6 Å². The zero-order valence-corrected chi connectivity index (χ0v) is 49.8. The standard InChI is InChI=1S/C30H35N5O6S.C27H29NO3.C9H10O2.CH4/c1-30(2,3)41-29(36)34-16-15-22-17-27(40-19-21-11-7-5-8-12-21)26(39-4)18-24(22)25(34)20-42(37,38)28-31-32-33-35(28)23-13-9-6-10-14-23;1-19-15-20(10-12-25(19)29-2)9-11-24-23-17-26(30-3)27(16-22(23)13-14-28-24)31-18-21-7-5-4-6-8-21;1-7-5-8(6-10)3-4-9(7)11-2;/h5-14,17-18,25,32-33H,15-16,19-20H2,1-4H3;4-12,15-17,24,28H,13-14,18H2,1-3H3;3-6H,1-2H3;1H4/b;11-9+;;. The molecule has 0 saturated heterocycles. The number of fused-ring (bicyclic) bond motifs is 2. The van der Waals surface area contributed by atoms with E-state index in [-0.39, 0.29) is 25.2 Å². The molecule has 7 aromatic rings. The van der Waals surface area contributed by atoms with Gasteiger partial charge in [0.25, 0.3) is 5.17 Å². The zero-order valence-electron chi connectivity index (χ0n) is 49.0. The summed E-state index contributed by atoms with van der Waals surface area (Å²) in [5.74, 6) is 3.82. The third kappa shape index (κ3) is 16.7. The van der Waals surface area contributed by atoms with Crippen LogP contribution in [0.2, 0.25) is 0 Å². The van der Waals surface area contributed by atoms with Crippen molar-refractivity contribution in [3.8, 4) is 34.5 Å². The van der Waals surface area contributed by atoms with Crippen molar-refractivity contribution in [3.05, 3.63) is 213 Å². The van der Waals surface area contributed by atoms with Crippen molar-refractivity contribution in [2.75, 3.05) is 52.3 Å². The Hall–Kier alpha value is -8.84. The first kappa shape index (κ1) is 63.7. The molecule has 448 valence electrons. The molecule has 3 aliphatic heterocycles. The van der Waals surface area contributed by atoms with Crippen molar-refractivity contribution >= 4 is 39.1 Å². The van der Waals surface area contributed by atoms with Gasteiger partial charge in [-0.3, -0.25) is 9.69 Å². The Morgan fingerprint density at radius 1 is 0.647 bits per heavy atom. The maximum absolute atomic E-state index is 13.9. The van der Waals surface area contributed by atoms with Gasteiger partial charge in [-0.1, -0.05) is 105 Å². The lowest BCUT2D eigenvalue weighted by Gasteiger charge is -2.38. The number of rotatable bonds is 16. The Labute approximate surface area is 500 Å². The van der Waals surface area contributed by atoms with Gasteiger partial charge in [0.15, 0.2) is 23.0 Å². The summed E-state index contributed by atoms with van der Waals surface area (Å²) in [6.07, 6.45) is 6.05. The van der Waals surface area contributed by atoms with Gasteiger partial charge < -0.3 is 38.5 Å². The van der Waals surface area contributed by atoms with Crippen LogP contribution >= 0.6 is 0 Å². The van der Waals surface area contributed by atoms with Crippen LogP contribution in [-0.2, 0) is 40.6 Å². The molecule has 3 aliphatic rings. The average molecular weight is 1180 g/mol. The van der Waals surface area contributed by atoms with Gasteiger partial charge in [-0.25, -0.2) is 23.8 Å². The summed E-state index contributed by atoms with van der Waals surface area (Å²) >= 11 is 0. The van der Waals surface area contributed by atoms with Crippen LogP contribution in [0, 0.1) is 13.8 Å². The molecule has 0 aromatic heterocycles. The molecule has 3 N–H and O–H groups in total. The number of carbonyl (C=O) groups is 2. The van der Waals surface area contributed by atoms with E-state index in [1.807, 2.05) is 73.7 Å². The van der Waals surface area contributed by atoms with Crippen LogP contribution in [0.5, 0.6) is 34.5 Å². The molecule has 0 aliphatic carbocycles. The minimum atomic E-state index is -4.06. The largest absolute Gasteiger partial charge is 0.496 e. The molecule has 1 amide bonds. The highest BCUT2D eigenvalue weighted by molar-refractivity contribution is 8.06. The minimum Gasteiger partial charge on any atom is -0.496 e. The Morgan fingerprint density at radius 2 is 1.16 bits per heavy atom. The molecule has 18 heteroatoms. The van der Waals surface area contributed by atoms with Crippen molar-refractivity contribution < 1.29 is 51.2 Å². The summed E-state index contributed by atoms with van der Waals surface area (Å²) in [5.41, 5.74) is 15.3. The number of hydrazone groups is 1. The molecule has 2 unspecified atom stereocenters. The highest BCUT2D eigenvalue weighted by atomic mass is 32.2. The average Bonchev–Trinajstić information content (AvgIpc) is 3.62. The van der Waals surface area contributed by atoms with Crippen LogP contribution in [0.3, 0.4) is 0 Å². The van der Waals surface area contributed by atoms with Gasteiger partial charge in [0.2, 0.25) is 9.84 Å². The normalized spacial score (nSPS) is 15.1. The molecule has 0 spiro atoms. The van der Waals surface area contributed by atoms with E-state index in [1.165, 1.54) is 28.1 Å². The number of aldehydes is 1. The van der Waals surface area contributed by atoms with Gasteiger partial charge in [0.05, 0.1) is 52.0 Å². The SMILES string of the molecule is C.COc1cc2c(cc1OCc1ccccc1)CCN(C(=O)OC(C)(C)C)C2CS(=O)(=O)C1=NNNN1c1ccccc1.COc1ccc(/C=C/C2NCCc3cc(OCc4ccccc4)c(OC)cc32)cc1C.COc1ccc(C=O)cc1C. The van der Waals surface area contributed by atoms with E-state index < -0.39 is 33.3 Å². The number of hydrogen-bond acceptors (Lipinski definition) is 16. The number of nitrogens with one attached hydrogen (secondary N) is 3. The predicted molar refractivity (Wildman–Crippen MR) is 334 cm³/mol. The van der Waals surface area contributed by atoms with Crippen LogP contribution in [0.1, 0.15) is 101 Å². The molecule has 0 fully saturated rings. The van der Waals surface area contributed by atoms with Crippen LogP contribution in [0.15, 0.2) is 163 Å². The van der Waals surface area contributed by atoms with Gasteiger partial charge >= 0.3 is 6.09 Å². The first-order valence-corrected chi connectivity index (χ1v) is 29.2. The number of amides is 1. The zero-order chi connectivity index (χ0) is 59.8. The summed E-state index contributed by atoms with van der Waals surface area (Å²) < 4.78 is 67.5. The van der Waals surface area contributed by atoms with E-state index in [2.05, 4.69) is 77.0 Å². The van der Waals surface area contributed by atoms with E-state index in [1.54, 1.807) is 90.6 Å². The van der Waals surface area contributed by atoms with Crippen molar-refractivity contribution in [1.29, 1.82) is 0 Å². The summed E-state index contributed by atoms with van der Waals surface area (Å²) in [7, 11) is 2.48. The maximum Gasteiger partial charge on any atom is 0.410 e. The van der Waals surface area contributed by atoms with Crippen LogP contribution < -0.4 is 49.8 Å². The maximum atomic E-state index is 13.9. The highest BCUT2D eigenvalue weighted by Crippen LogP contribution is 2.41. The number of hydrazine groups is 2. The molecule has 10 rings (SSSR count). The van der Waals surface area contributed by atoms with Gasteiger partial charge in [0.1, 0.15) is 36.6 Å². The van der Waals surface area contributed by atoms with Crippen LogP contribution in [-0.4, -0.2) is 83.7 Å². The number of nitrogens with zero attached hydrogens (tertiary/aromatic N) is 3. The number of methoxy groups -OCH3 is 4. The minimum absolute atomic E-state index is 0. The van der Waals surface area contributed by atoms with E-state index in [0.29, 0.717) is 47.9 Å². The Balaban J connectivity index is 0.000000210. The van der Waals surface area contributed by atoms with Crippen molar-refractivity contribution in [1.82, 2.24) is 21.3 Å². The predicted octanol–water partition coefficient (Wildman–Crippen LogP) is 12.3. The first-order chi connectivity index (χ1) is 40.5. The summed E-state index contributed by atoms with van der Waals surface area (Å²) in [4.78, 5) is 25.2. The number of benzene rings is 7. The van der Waals surface area contributed by atoms with E-state index in [4.69, 9.17) is 33.2 Å². The molecule has 3 heterocycles. The molecular formula is C67H78N6O11S. The Kier molecular flexibility index (Phi) is 22.2. The number of amidine groups is 1. The Morgan fingerprint density at radius 3 is 1.69 bits per heavy atom. The van der Waals surface area contributed by atoms with Gasteiger partial charge in [-0.15, -0.1) is 10.6 Å². The summed E-state index contributed by atoms with van der Waals surface area (Å²) in [6.45, 7) is 11.3. The lowest BCUT2D eigenvalue weighted by Crippen LogP contribution is -2.48. The van der Waals surface area contributed by atoms with Crippen molar-refractivity contribution in [2.24, 2.45) is 5.10 Å². The third-order valence-electron chi connectivity index (χ3n) is 14.0. The molecule has 7 aromatic carbocycles. The molecule has 85 heavy (non-hydrogen) atoms. The second kappa shape index (κ2) is 29.6. The Bertz CT molecular complexity index is 3540. The second-order valence-corrected chi connectivity index (χ2v) is 23.0. The molecule has 2 atom stereocenters. The number of sulfone groups is 1. The highest BCUT2D eigenvalue weighted by Gasteiger charge is 2.41. The molecule has 0 bridgehead atoms. The second-order valence-electron chi connectivity index (χ2n) is 21.1. The van der Waals surface area contributed by atoms with Gasteiger partial charge in [-0.2, -0.15) is 0 Å². The smallest absolute Gasteiger partial charge is 0.410 e. The van der Waals surface area contributed by atoms with Gasteiger partial charge in [-0.05, 0) is 164 Å². The number of anilines is 1. The molecular weight excluding hydrogens is 1100 g/mol. The number of ether oxygens (including phenoxy) is 7. The van der Waals surface area contributed by atoms with Crippen LogP contribution in [0.25, 0.3) is 6.08 Å². The number of para-hydroxylation sites is 1. The quantitative estimate of drug-likeness (QED) is 0.0775. The number of hydrogen-bond donors (Lipinski definition) is 3. The third-order valence-corrected chi connectivity index (χ3v) is 15.6. The summed E-state index contributed by atoms with van der Waals surface area (Å²) in [6, 6.07) is 47.6. The van der Waals surface area contributed by atoms with Crippen molar-refractivity contribution in [2.45, 2.75) is 85.8 Å². The summed E-state index contributed by atoms with van der Waals surface area (Å²) in [5, 5.41) is 8.79.